The van der Waals surface area contributed by atoms with E-state index in [9.17, 15) is 4.39 Å². The van der Waals surface area contributed by atoms with Crippen LogP contribution in [0.3, 0.4) is 0 Å². The lowest BCUT2D eigenvalue weighted by atomic mass is 10.2. The van der Waals surface area contributed by atoms with E-state index in [0.717, 1.165) is 5.33 Å². The molecule has 1 aromatic carbocycles. The summed E-state index contributed by atoms with van der Waals surface area (Å²) >= 11 is 6.61. The molecule has 78 valence electrons. The predicted molar refractivity (Wildman–Crippen MR) is 62.6 cm³/mol. The van der Waals surface area contributed by atoms with Crippen molar-refractivity contribution in [2.75, 3.05) is 11.9 Å². The maximum Gasteiger partial charge on any atom is 0.133 e. The molecule has 1 unspecified atom stereocenters. The summed E-state index contributed by atoms with van der Waals surface area (Å²) in [5.74, 6) is 0.851. The first kappa shape index (κ1) is 12.0. The van der Waals surface area contributed by atoms with Gasteiger partial charge in [0.05, 0.1) is 11.1 Å². The monoisotopic (exact) mass is 324 g/mol. The van der Waals surface area contributed by atoms with Crippen LogP contribution < -0.4 is 4.74 Å². The van der Waals surface area contributed by atoms with Gasteiger partial charge in [-0.2, -0.15) is 0 Å². The van der Waals surface area contributed by atoms with Crippen molar-refractivity contribution in [1.29, 1.82) is 0 Å². The predicted octanol–water partition coefficient (Wildman–Crippen LogP) is 4.00. The molecular formula is C10H11Br2FO. The van der Waals surface area contributed by atoms with Crippen LogP contribution in [-0.4, -0.2) is 11.9 Å². The maximum absolute atomic E-state index is 12.7. The molecule has 14 heavy (non-hydrogen) atoms. The van der Waals surface area contributed by atoms with E-state index in [2.05, 4.69) is 38.8 Å². The summed E-state index contributed by atoms with van der Waals surface area (Å²) in [7, 11) is 0. The van der Waals surface area contributed by atoms with Crippen molar-refractivity contribution in [2.45, 2.75) is 6.92 Å². The van der Waals surface area contributed by atoms with Crippen LogP contribution in [0.1, 0.15) is 6.92 Å². The molecule has 0 fully saturated rings. The summed E-state index contributed by atoms with van der Waals surface area (Å²) < 4.78 is 18.9. The van der Waals surface area contributed by atoms with Crippen molar-refractivity contribution in [3.05, 3.63) is 28.5 Å². The summed E-state index contributed by atoms with van der Waals surface area (Å²) in [6.45, 7) is 2.70. The molecule has 0 bridgehead atoms. The van der Waals surface area contributed by atoms with Crippen molar-refractivity contribution in [3.63, 3.8) is 0 Å². The fourth-order valence-corrected chi connectivity index (χ4v) is 1.52. The number of rotatable bonds is 4. The van der Waals surface area contributed by atoms with E-state index in [-0.39, 0.29) is 5.82 Å². The molecule has 0 radical (unpaired) electrons. The normalized spacial score (nSPS) is 12.6. The Kier molecular flexibility index (Phi) is 4.89. The lowest BCUT2D eigenvalue weighted by Crippen LogP contribution is -2.09. The Morgan fingerprint density at radius 2 is 2.21 bits per heavy atom. The zero-order valence-corrected chi connectivity index (χ0v) is 10.9. The minimum atomic E-state index is -0.266. The Labute approximate surface area is 99.9 Å². The van der Waals surface area contributed by atoms with Gasteiger partial charge < -0.3 is 4.74 Å². The Balaban J connectivity index is 2.59. The molecule has 0 amide bonds. The SMILES string of the molecule is CC(CBr)COc1ccc(F)cc1Br. The highest BCUT2D eigenvalue weighted by Gasteiger charge is 2.05. The fourth-order valence-electron chi connectivity index (χ4n) is 0.869. The van der Waals surface area contributed by atoms with E-state index in [1.807, 2.05) is 0 Å². The van der Waals surface area contributed by atoms with Gasteiger partial charge in [-0.1, -0.05) is 22.9 Å². The quantitative estimate of drug-likeness (QED) is 0.760. The molecule has 0 spiro atoms. The highest BCUT2D eigenvalue weighted by atomic mass is 79.9. The standard InChI is InChI=1S/C10H11Br2FO/c1-7(5-11)6-14-10-3-2-8(13)4-9(10)12/h2-4,7H,5-6H2,1H3. The second-order valence-corrected chi connectivity index (χ2v) is 4.65. The number of ether oxygens (including phenoxy) is 1. The van der Waals surface area contributed by atoms with Gasteiger partial charge in [0.15, 0.2) is 0 Å². The van der Waals surface area contributed by atoms with Crippen molar-refractivity contribution in [2.24, 2.45) is 5.92 Å². The fraction of sp³-hybridized carbons (Fsp3) is 0.400. The molecule has 1 nitrogen and oxygen atoms in total. The third kappa shape index (κ3) is 3.58. The van der Waals surface area contributed by atoms with Gasteiger partial charge >= 0.3 is 0 Å². The number of hydrogen-bond acceptors (Lipinski definition) is 1. The van der Waals surface area contributed by atoms with Crippen LogP contribution >= 0.6 is 31.9 Å². The summed E-state index contributed by atoms with van der Waals surface area (Å²) in [4.78, 5) is 0. The molecule has 0 aliphatic carbocycles. The highest BCUT2D eigenvalue weighted by molar-refractivity contribution is 9.10. The largest absolute Gasteiger partial charge is 0.492 e. The summed E-state index contributed by atoms with van der Waals surface area (Å²) in [6, 6.07) is 4.41. The van der Waals surface area contributed by atoms with Crippen molar-refractivity contribution >= 4 is 31.9 Å². The Morgan fingerprint density at radius 3 is 2.79 bits per heavy atom. The number of halogens is 3. The van der Waals surface area contributed by atoms with E-state index in [1.165, 1.54) is 12.1 Å². The molecule has 4 heteroatoms. The zero-order valence-electron chi connectivity index (χ0n) is 7.77. The van der Waals surface area contributed by atoms with Crippen molar-refractivity contribution < 1.29 is 9.13 Å². The average Bonchev–Trinajstić information content (AvgIpc) is 2.16. The van der Waals surface area contributed by atoms with Crippen LogP contribution in [-0.2, 0) is 0 Å². The van der Waals surface area contributed by atoms with Crippen LogP contribution in [0.4, 0.5) is 4.39 Å². The Hall–Kier alpha value is -0.0900. The first-order chi connectivity index (χ1) is 6.63. The van der Waals surface area contributed by atoms with Crippen molar-refractivity contribution in [1.82, 2.24) is 0 Å². The Bertz CT molecular complexity index is 304. The van der Waals surface area contributed by atoms with Gasteiger partial charge in [0.25, 0.3) is 0 Å². The van der Waals surface area contributed by atoms with Gasteiger partial charge in [0.2, 0.25) is 0 Å². The third-order valence-corrected chi connectivity index (χ3v) is 3.41. The average molecular weight is 326 g/mol. The summed E-state index contributed by atoms with van der Waals surface area (Å²) in [5, 5.41) is 0.895. The van der Waals surface area contributed by atoms with Crippen LogP contribution in [0.25, 0.3) is 0 Å². The Morgan fingerprint density at radius 1 is 1.50 bits per heavy atom. The van der Waals surface area contributed by atoms with E-state index in [0.29, 0.717) is 22.7 Å². The first-order valence-corrected chi connectivity index (χ1v) is 6.18. The smallest absolute Gasteiger partial charge is 0.133 e. The van der Waals surface area contributed by atoms with Crippen LogP contribution in [0.15, 0.2) is 22.7 Å². The minimum absolute atomic E-state index is 0.266. The molecular weight excluding hydrogens is 315 g/mol. The lowest BCUT2D eigenvalue weighted by Gasteiger charge is -2.11. The van der Waals surface area contributed by atoms with E-state index < -0.39 is 0 Å². The van der Waals surface area contributed by atoms with Gasteiger partial charge in [0.1, 0.15) is 11.6 Å². The van der Waals surface area contributed by atoms with E-state index in [4.69, 9.17) is 4.74 Å². The molecule has 1 aromatic rings. The van der Waals surface area contributed by atoms with E-state index >= 15 is 0 Å². The summed E-state index contributed by atoms with van der Waals surface area (Å²) in [6.07, 6.45) is 0. The van der Waals surface area contributed by atoms with Crippen molar-refractivity contribution in [3.8, 4) is 5.75 Å². The van der Waals surface area contributed by atoms with Gasteiger partial charge in [-0.15, -0.1) is 0 Å². The van der Waals surface area contributed by atoms with Gasteiger partial charge in [-0.25, -0.2) is 4.39 Å². The van der Waals surface area contributed by atoms with Gasteiger partial charge in [-0.3, -0.25) is 0 Å². The second kappa shape index (κ2) is 5.71. The molecule has 0 aromatic heterocycles. The topological polar surface area (TPSA) is 9.23 Å². The number of hydrogen-bond donors (Lipinski definition) is 0. The number of benzene rings is 1. The van der Waals surface area contributed by atoms with Gasteiger partial charge in [-0.05, 0) is 40.0 Å². The lowest BCUT2D eigenvalue weighted by molar-refractivity contribution is 0.272. The van der Waals surface area contributed by atoms with E-state index in [1.54, 1.807) is 6.07 Å². The second-order valence-electron chi connectivity index (χ2n) is 3.15. The molecule has 0 heterocycles. The van der Waals surface area contributed by atoms with Crippen LogP contribution in [0.5, 0.6) is 5.75 Å². The van der Waals surface area contributed by atoms with Crippen LogP contribution in [0.2, 0.25) is 0 Å². The number of alkyl halides is 1. The highest BCUT2D eigenvalue weighted by Crippen LogP contribution is 2.25. The van der Waals surface area contributed by atoms with Gasteiger partial charge in [0, 0.05) is 5.33 Å². The molecule has 0 saturated heterocycles. The molecule has 1 rings (SSSR count). The van der Waals surface area contributed by atoms with Crippen LogP contribution in [0, 0.1) is 11.7 Å². The summed E-state index contributed by atoms with van der Waals surface area (Å²) in [5.41, 5.74) is 0. The third-order valence-electron chi connectivity index (χ3n) is 1.68. The first-order valence-electron chi connectivity index (χ1n) is 4.27. The molecule has 1 atom stereocenters. The maximum atomic E-state index is 12.7. The molecule has 0 aliphatic heterocycles. The molecule has 0 aliphatic rings. The molecule has 0 saturated carbocycles. The molecule has 0 N–H and O–H groups in total. The minimum Gasteiger partial charge on any atom is -0.492 e. The zero-order chi connectivity index (χ0) is 10.6.